The molecule has 2 heterocycles. The number of hydrogen-bond donors (Lipinski definition) is 2. The molecule has 0 amide bonds. The van der Waals surface area contributed by atoms with Gasteiger partial charge in [-0.05, 0) is 12.1 Å². The molecule has 0 atom stereocenters. The minimum Gasteiger partial charge on any atom is -0.359 e. The second kappa shape index (κ2) is 2.65. The molecule has 0 spiro atoms. The minimum atomic E-state index is -0.144. The van der Waals surface area contributed by atoms with Crippen molar-refractivity contribution < 1.29 is 0 Å². The van der Waals surface area contributed by atoms with Gasteiger partial charge in [-0.1, -0.05) is 0 Å². The largest absolute Gasteiger partial charge is 0.359 e. The second-order valence-electron chi connectivity index (χ2n) is 2.37. The first-order chi connectivity index (χ1) is 5.86. The maximum Gasteiger partial charge on any atom is 0.251 e. The van der Waals surface area contributed by atoms with Crippen LogP contribution >= 0.6 is 0 Å². The number of aromatic nitrogens is 3. The molecule has 2 aromatic heterocycles. The number of rotatable bonds is 1. The van der Waals surface area contributed by atoms with Gasteiger partial charge in [0.05, 0.1) is 5.69 Å². The summed E-state index contributed by atoms with van der Waals surface area (Å²) < 4.78 is 0. The van der Waals surface area contributed by atoms with Gasteiger partial charge in [-0.15, -0.1) is 0 Å². The molecule has 0 saturated heterocycles. The van der Waals surface area contributed by atoms with Crippen molar-refractivity contribution in [1.82, 2.24) is 15.0 Å². The van der Waals surface area contributed by atoms with E-state index in [0.29, 0.717) is 5.82 Å². The zero-order valence-electron chi connectivity index (χ0n) is 6.24. The number of nitrogens with zero attached hydrogens (tertiary/aromatic N) is 1. The highest BCUT2D eigenvalue weighted by Gasteiger charge is 1.97. The number of aromatic amines is 2. The normalized spacial score (nSPS) is 10.0. The lowest BCUT2D eigenvalue weighted by Crippen LogP contribution is -2.05. The van der Waals surface area contributed by atoms with Crippen LogP contribution in [0.2, 0.25) is 0 Å². The molecule has 0 aliphatic heterocycles. The summed E-state index contributed by atoms with van der Waals surface area (Å²) in [6.07, 6.45) is 3.26. The van der Waals surface area contributed by atoms with Crippen LogP contribution in [0.3, 0.4) is 0 Å². The maximum atomic E-state index is 10.9. The summed E-state index contributed by atoms with van der Waals surface area (Å²) >= 11 is 0. The van der Waals surface area contributed by atoms with Gasteiger partial charge in [-0.2, -0.15) is 0 Å². The van der Waals surface area contributed by atoms with E-state index in [2.05, 4.69) is 15.0 Å². The Hall–Kier alpha value is -1.84. The van der Waals surface area contributed by atoms with Crippen molar-refractivity contribution in [3.05, 3.63) is 40.9 Å². The molecular formula is C8H7N3O. The first-order valence-corrected chi connectivity index (χ1v) is 3.55. The lowest BCUT2D eigenvalue weighted by molar-refractivity contribution is 1.11. The molecule has 12 heavy (non-hydrogen) atoms. The molecule has 60 valence electrons. The zero-order valence-corrected chi connectivity index (χ0v) is 6.24. The van der Waals surface area contributed by atoms with Gasteiger partial charge in [-0.3, -0.25) is 4.79 Å². The van der Waals surface area contributed by atoms with Gasteiger partial charge >= 0.3 is 0 Å². The van der Waals surface area contributed by atoms with E-state index in [0.717, 1.165) is 5.69 Å². The van der Waals surface area contributed by atoms with E-state index in [9.17, 15) is 4.79 Å². The van der Waals surface area contributed by atoms with Gasteiger partial charge in [0.1, 0.15) is 0 Å². The van der Waals surface area contributed by atoms with Crippen molar-refractivity contribution >= 4 is 0 Å². The van der Waals surface area contributed by atoms with E-state index in [1.807, 2.05) is 12.1 Å². The van der Waals surface area contributed by atoms with Gasteiger partial charge in [0, 0.05) is 18.5 Å². The Kier molecular flexibility index (Phi) is 1.51. The van der Waals surface area contributed by atoms with E-state index < -0.39 is 0 Å². The molecular weight excluding hydrogens is 154 g/mol. The summed E-state index contributed by atoms with van der Waals surface area (Å²) in [5.41, 5.74) is 0.669. The third-order valence-electron chi connectivity index (χ3n) is 1.52. The lowest BCUT2D eigenvalue weighted by atomic mass is 10.4. The predicted octanol–water partition coefficient (Wildman–Crippen LogP) is 0.765. The van der Waals surface area contributed by atoms with Crippen molar-refractivity contribution in [1.29, 1.82) is 0 Å². The summed E-state index contributed by atoms with van der Waals surface area (Å²) in [4.78, 5) is 20.4. The highest BCUT2D eigenvalue weighted by Crippen LogP contribution is 2.07. The van der Waals surface area contributed by atoms with Crippen molar-refractivity contribution in [3.63, 3.8) is 0 Å². The van der Waals surface area contributed by atoms with Crippen LogP contribution < -0.4 is 5.56 Å². The highest BCUT2D eigenvalue weighted by atomic mass is 16.1. The smallest absolute Gasteiger partial charge is 0.251 e. The Morgan fingerprint density at radius 3 is 2.92 bits per heavy atom. The Labute approximate surface area is 68.3 Å². The monoisotopic (exact) mass is 161 g/mol. The molecule has 0 saturated carbocycles. The Balaban J connectivity index is 2.55. The first kappa shape index (κ1) is 6.84. The van der Waals surface area contributed by atoms with Gasteiger partial charge in [0.15, 0.2) is 5.82 Å². The molecule has 4 heteroatoms. The Morgan fingerprint density at radius 1 is 1.33 bits per heavy atom. The molecule has 0 aromatic carbocycles. The van der Waals surface area contributed by atoms with Crippen LogP contribution in [0.15, 0.2) is 35.4 Å². The van der Waals surface area contributed by atoms with E-state index in [4.69, 9.17) is 0 Å². The Bertz CT molecular complexity index is 416. The first-order valence-electron chi connectivity index (χ1n) is 3.55. The fraction of sp³-hybridized carbons (Fsp3) is 0. The third-order valence-corrected chi connectivity index (χ3v) is 1.52. The predicted molar refractivity (Wildman–Crippen MR) is 44.6 cm³/mol. The van der Waals surface area contributed by atoms with E-state index >= 15 is 0 Å². The van der Waals surface area contributed by atoms with Crippen molar-refractivity contribution in [3.8, 4) is 11.5 Å². The standard InChI is InChI=1S/C8H7N3O/c12-7-3-5-10-8(11-7)6-2-1-4-9-6/h1-5,9H,(H,10,11,12). The van der Waals surface area contributed by atoms with Crippen molar-refractivity contribution in [2.75, 3.05) is 0 Å². The van der Waals surface area contributed by atoms with Gasteiger partial charge in [-0.25, -0.2) is 4.98 Å². The van der Waals surface area contributed by atoms with Crippen LogP contribution in [0, 0.1) is 0 Å². The van der Waals surface area contributed by atoms with Crippen molar-refractivity contribution in [2.45, 2.75) is 0 Å². The van der Waals surface area contributed by atoms with Crippen LogP contribution in [-0.4, -0.2) is 15.0 Å². The number of H-pyrrole nitrogens is 2. The molecule has 2 rings (SSSR count). The van der Waals surface area contributed by atoms with E-state index in [1.165, 1.54) is 12.3 Å². The molecule has 0 aliphatic rings. The van der Waals surface area contributed by atoms with Crippen LogP contribution in [0.1, 0.15) is 0 Å². The van der Waals surface area contributed by atoms with Crippen LogP contribution in [0.25, 0.3) is 11.5 Å². The lowest BCUT2D eigenvalue weighted by Gasteiger charge is -1.93. The number of nitrogens with one attached hydrogen (secondary N) is 2. The summed E-state index contributed by atoms with van der Waals surface area (Å²) in [5, 5.41) is 0. The molecule has 2 aromatic rings. The summed E-state index contributed by atoms with van der Waals surface area (Å²) in [7, 11) is 0. The zero-order chi connectivity index (χ0) is 8.39. The minimum absolute atomic E-state index is 0.144. The molecule has 0 radical (unpaired) electrons. The third kappa shape index (κ3) is 1.14. The highest BCUT2D eigenvalue weighted by molar-refractivity contribution is 5.47. The molecule has 0 unspecified atom stereocenters. The van der Waals surface area contributed by atoms with Gasteiger partial charge < -0.3 is 9.97 Å². The van der Waals surface area contributed by atoms with Gasteiger partial charge in [0.2, 0.25) is 0 Å². The summed E-state index contributed by atoms with van der Waals surface area (Å²) in [6.45, 7) is 0. The van der Waals surface area contributed by atoms with Crippen LogP contribution in [-0.2, 0) is 0 Å². The molecule has 0 fully saturated rings. The fourth-order valence-electron chi connectivity index (χ4n) is 0.985. The fourth-order valence-corrected chi connectivity index (χ4v) is 0.985. The average Bonchev–Trinajstić information content (AvgIpc) is 2.56. The molecule has 4 nitrogen and oxygen atoms in total. The van der Waals surface area contributed by atoms with Crippen molar-refractivity contribution in [2.24, 2.45) is 0 Å². The number of hydrogen-bond acceptors (Lipinski definition) is 2. The Morgan fingerprint density at radius 2 is 2.25 bits per heavy atom. The topological polar surface area (TPSA) is 61.5 Å². The summed E-state index contributed by atoms with van der Waals surface area (Å²) in [5.74, 6) is 0.563. The van der Waals surface area contributed by atoms with Gasteiger partial charge in [0.25, 0.3) is 5.56 Å². The van der Waals surface area contributed by atoms with Crippen LogP contribution in [0.4, 0.5) is 0 Å². The maximum absolute atomic E-state index is 10.9. The quantitative estimate of drug-likeness (QED) is 0.648. The summed E-state index contributed by atoms with van der Waals surface area (Å²) in [6, 6.07) is 5.08. The van der Waals surface area contributed by atoms with Crippen LogP contribution in [0.5, 0.6) is 0 Å². The average molecular weight is 161 g/mol. The molecule has 0 bridgehead atoms. The second-order valence-corrected chi connectivity index (χ2v) is 2.37. The van der Waals surface area contributed by atoms with E-state index in [1.54, 1.807) is 6.20 Å². The molecule has 0 aliphatic carbocycles. The SMILES string of the molecule is O=c1ccnc(-c2ccc[nH]2)[nH]1. The van der Waals surface area contributed by atoms with E-state index in [-0.39, 0.29) is 5.56 Å². The molecule has 2 N–H and O–H groups in total.